The van der Waals surface area contributed by atoms with Crippen LogP contribution in [-0.2, 0) is 14.4 Å². The number of hydrogen-bond donors (Lipinski definition) is 2. The van der Waals surface area contributed by atoms with E-state index in [9.17, 15) is 23.2 Å². The number of hydrogen-bond acceptors (Lipinski definition) is 4. The molecule has 30 heavy (non-hydrogen) atoms. The number of carbonyl (C=O) groups is 3. The zero-order chi connectivity index (χ0) is 21.8. The lowest BCUT2D eigenvalue weighted by Crippen LogP contribution is -2.49. The number of aryl methyl sites for hydroxylation is 1. The van der Waals surface area contributed by atoms with Crippen molar-refractivity contribution in [2.45, 2.75) is 26.4 Å². The van der Waals surface area contributed by atoms with Gasteiger partial charge >= 0.3 is 0 Å². The van der Waals surface area contributed by atoms with Crippen molar-refractivity contribution >= 4 is 23.4 Å². The Morgan fingerprint density at radius 1 is 1.13 bits per heavy atom. The van der Waals surface area contributed by atoms with Crippen LogP contribution in [-0.4, -0.2) is 30.4 Å². The van der Waals surface area contributed by atoms with E-state index in [1.54, 1.807) is 13.0 Å². The first-order valence-electron chi connectivity index (χ1n) is 9.33. The third-order valence-corrected chi connectivity index (χ3v) is 4.69. The molecule has 0 aliphatic carbocycles. The molecule has 2 atom stereocenters. The Bertz CT molecular complexity index is 965. The second-order valence-corrected chi connectivity index (χ2v) is 7.05. The molecule has 0 aromatic heterocycles. The van der Waals surface area contributed by atoms with E-state index in [4.69, 9.17) is 4.74 Å². The zero-order valence-electron chi connectivity index (χ0n) is 16.4. The summed E-state index contributed by atoms with van der Waals surface area (Å²) < 4.78 is 32.4. The van der Waals surface area contributed by atoms with Gasteiger partial charge in [-0.25, -0.2) is 8.78 Å². The summed E-state index contributed by atoms with van der Waals surface area (Å²) in [5.41, 5.74) is 5.34. The number of anilines is 1. The molecule has 3 amide bonds. The van der Waals surface area contributed by atoms with Gasteiger partial charge in [0, 0.05) is 13.0 Å². The molecular weight excluding hydrogens is 396 g/mol. The standard InChI is InChI=1S/C21H21F2N3O4/c1-12-3-8-18(17(23)9-12)26-11-14(10-19(26)27)21(29)25-24-20(28)13(2)30-16-6-4-15(22)5-7-16/h3-9,13-14H,10-11H2,1-2H3,(H,24,28)(H,25,29). The first kappa shape index (κ1) is 21.2. The van der Waals surface area contributed by atoms with Gasteiger partial charge in [0.25, 0.3) is 5.91 Å². The lowest BCUT2D eigenvalue weighted by Gasteiger charge is -2.18. The van der Waals surface area contributed by atoms with Gasteiger partial charge in [-0.05, 0) is 55.8 Å². The minimum atomic E-state index is -0.959. The van der Waals surface area contributed by atoms with Crippen LogP contribution >= 0.6 is 0 Å². The van der Waals surface area contributed by atoms with Crippen LogP contribution in [0.3, 0.4) is 0 Å². The third kappa shape index (κ3) is 4.91. The first-order chi connectivity index (χ1) is 14.2. The highest BCUT2D eigenvalue weighted by Gasteiger charge is 2.36. The van der Waals surface area contributed by atoms with Crippen LogP contribution in [0.4, 0.5) is 14.5 Å². The number of benzene rings is 2. The van der Waals surface area contributed by atoms with Crippen molar-refractivity contribution < 1.29 is 27.9 Å². The maximum Gasteiger partial charge on any atom is 0.279 e. The highest BCUT2D eigenvalue weighted by molar-refractivity contribution is 6.00. The normalized spacial score (nSPS) is 16.9. The smallest absolute Gasteiger partial charge is 0.279 e. The molecule has 2 aromatic rings. The monoisotopic (exact) mass is 417 g/mol. The van der Waals surface area contributed by atoms with Gasteiger partial charge < -0.3 is 9.64 Å². The summed E-state index contributed by atoms with van der Waals surface area (Å²) in [5, 5.41) is 0. The Kier molecular flexibility index (Phi) is 6.29. The predicted molar refractivity (Wildman–Crippen MR) is 104 cm³/mol. The molecule has 9 heteroatoms. The fraction of sp³-hybridized carbons (Fsp3) is 0.286. The molecule has 7 nitrogen and oxygen atoms in total. The van der Waals surface area contributed by atoms with E-state index < -0.39 is 35.5 Å². The fourth-order valence-corrected chi connectivity index (χ4v) is 3.04. The lowest BCUT2D eigenvalue weighted by molar-refractivity contribution is -0.134. The van der Waals surface area contributed by atoms with E-state index >= 15 is 0 Å². The van der Waals surface area contributed by atoms with Gasteiger partial charge in [0.15, 0.2) is 6.10 Å². The van der Waals surface area contributed by atoms with Crippen molar-refractivity contribution in [2.24, 2.45) is 5.92 Å². The average molecular weight is 417 g/mol. The van der Waals surface area contributed by atoms with E-state index in [2.05, 4.69) is 10.9 Å². The van der Waals surface area contributed by atoms with E-state index in [1.807, 2.05) is 0 Å². The fourth-order valence-electron chi connectivity index (χ4n) is 3.04. The number of amides is 3. The maximum atomic E-state index is 14.2. The molecule has 1 saturated heterocycles. The second kappa shape index (κ2) is 8.89. The Balaban J connectivity index is 1.52. The van der Waals surface area contributed by atoms with Crippen molar-refractivity contribution in [3.8, 4) is 5.75 Å². The topological polar surface area (TPSA) is 87.7 Å². The highest BCUT2D eigenvalue weighted by Crippen LogP contribution is 2.28. The minimum absolute atomic E-state index is 0.00213. The number of ether oxygens (including phenoxy) is 1. The second-order valence-electron chi connectivity index (χ2n) is 7.05. The SMILES string of the molecule is Cc1ccc(N2CC(C(=O)NNC(=O)C(C)Oc3ccc(F)cc3)CC2=O)c(F)c1. The summed E-state index contributed by atoms with van der Waals surface area (Å²) >= 11 is 0. The summed E-state index contributed by atoms with van der Waals surface area (Å²) in [4.78, 5) is 37.9. The Morgan fingerprint density at radius 3 is 2.50 bits per heavy atom. The quantitative estimate of drug-likeness (QED) is 0.731. The Hall–Kier alpha value is -3.49. The van der Waals surface area contributed by atoms with E-state index in [0.29, 0.717) is 5.75 Å². The van der Waals surface area contributed by atoms with Gasteiger partial charge in [0.1, 0.15) is 17.4 Å². The molecule has 0 spiro atoms. The van der Waals surface area contributed by atoms with Crippen LogP contribution in [0.25, 0.3) is 0 Å². The number of rotatable bonds is 5. The van der Waals surface area contributed by atoms with Crippen molar-refractivity contribution in [2.75, 3.05) is 11.4 Å². The zero-order valence-corrected chi connectivity index (χ0v) is 16.4. The van der Waals surface area contributed by atoms with E-state index in [1.165, 1.54) is 48.2 Å². The van der Waals surface area contributed by atoms with Crippen LogP contribution in [0.15, 0.2) is 42.5 Å². The predicted octanol–water partition coefficient (Wildman–Crippen LogP) is 2.24. The molecule has 0 saturated carbocycles. The van der Waals surface area contributed by atoms with Gasteiger partial charge in [-0.1, -0.05) is 6.07 Å². The van der Waals surface area contributed by atoms with Gasteiger partial charge in [-0.15, -0.1) is 0 Å². The van der Waals surface area contributed by atoms with Gasteiger partial charge in [-0.2, -0.15) is 0 Å². The largest absolute Gasteiger partial charge is 0.481 e. The molecule has 1 fully saturated rings. The van der Waals surface area contributed by atoms with Gasteiger partial charge in [0.2, 0.25) is 11.8 Å². The number of halogens is 2. The number of nitrogens with one attached hydrogen (secondary N) is 2. The van der Waals surface area contributed by atoms with Crippen LogP contribution in [0.1, 0.15) is 18.9 Å². The third-order valence-electron chi connectivity index (χ3n) is 4.69. The molecule has 3 rings (SSSR count). The number of hydrazine groups is 1. The number of carbonyl (C=O) groups excluding carboxylic acids is 3. The van der Waals surface area contributed by atoms with Crippen LogP contribution in [0.2, 0.25) is 0 Å². The maximum absolute atomic E-state index is 14.2. The van der Waals surface area contributed by atoms with Crippen molar-refractivity contribution in [3.63, 3.8) is 0 Å². The van der Waals surface area contributed by atoms with Crippen LogP contribution in [0, 0.1) is 24.5 Å². The minimum Gasteiger partial charge on any atom is -0.481 e. The van der Waals surface area contributed by atoms with Crippen molar-refractivity contribution in [1.29, 1.82) is 0 Å². The summed E-state index contributed by atoms with van der Waals surface area (Å²) in [6, 6.07) is 9.64. The molecular formula is C21H21F2N3O4. The Labute approximate surface area is 172 Å². The molecule has 0 bridgehead atoms. The highest BCUT2D eigenvalue weighted by atomic mass is 19.1. The molecule has 2 aromatic carbocycles. The molecule has 1 heterocycles. The lowest BCUT2D eigenvalue weighted by atomic mass is 10.1. The summed E-state index contributed by atoms with van der Waals surface area (Å²) in [6.07, 6.45) is -1.06. The molecule has 2 unspecified atom stereocenters. The van der Waals surface area contributed by atoms with Crippen molar-refractivity contribution in [3.05, 3.63) is 59.7 Å². The molecule has 158 valence electrons. The molecule has 1 aliphatic heterocycles. The summed E-state index contributed by atoms with van der Waals surface area (Å²) in [5.74, 6) is -2.99. The van der Waals surface area contributed by atoms with E-state index in [-0.39, 0.29) is 24.6 Å². The first-order valence-corrected chi connectivity index (χ1v) is 9.33. The molecule has 0 radical (unpaired) electrons. The average Bonchev–Trinajstić information content (AvgIpc) is 3.09. The van der Waals surface area contributed by atoms with Crippen LogP contribution in [0.5, 0.6) is 5.75 Å². The molecule has 1 aliphatic rings. The van der Waals surface area contributed by atoms with Gasteiger partial charge in [0.05, 0.1) is 11.6 Å². The van der Waals surface area contributed by atoms with Crippen molar-refractivity contribution in [1.82, 2.24) is 10.9 Å². The Morgan fingerprint density at radius 2 is 1.83 bits per heavy atom. The molecule has 2 N–H and O–H groups in total. The summed E-state index contributed by atoms with van der Waals surface area (Å²) in [6.45, 7) is 3.20. The van der Waals surface area contributed by atoms with Crippen LogP contribution < -0.4 is 20.5 Å². The number of nitrogens with zero attached hydrogens (tertiary/aromatic N) is 1. The van der Waals surface area contributed by atoms with Gasteiger partial charge in [-0.3, -0.25) is 25.2 Å². The summed E-state index contributed by atoms with van der Waals surface area (Å²) in [7, 11) is 0. The van der Waals surface area contributed by atoms with E-state index in [0.717, 1.165) is 5.56 Å².